The summed E-state index contributed by atoms with van der Waals surface area (Å²) in [5.74, 6) is 0.610. The number of carbonyl (C=O) groups excluding carboxylic acids is 2. The second-order valence-corrected chi connectivity index (χ2v) is 4.90. The van der Waals surface area contributed by atoms with Crippen molar-refractivity contribution in [1.82, 2.24) is 16.0 Å². The maximum absolute atomic E-state index is 11.5. The molecule has 0 aromatic heterocycles. The van der Waals surface area contributed by atoms with Crippen LogP contribution in [0.3, 0.4) is 0 Å². The second kappa shape index (κ2) is 12.0. The van der Waals surface area contributed by atoms with Crippen molar-refractivity contribution < 1.29 is 9.59 Å². The van der Waals surface area contributed by atoms with Gasteiger partial charge in [0.05, 0.1) is 6.54 Å². The van der Waals surface area contributed by atoms with Gasteiger partial charge in [-0.05, 0) is 25.3 Å². The quantitative estimate of drug-likeness (QED) is 0.492. The molecule has 0 fully saturated rings. The molecule has 112 valence electrons. The molecule has 0 radical (unpaired) electrons. The highest BCUT2D eigenvalue weighted by Crippen LogP contribution is 2.05. The van der Waals surface area contributed by atoms with Crippen LogP contribution in [0, 0.1) is 5.92 Å². The first-order chi connectivity index (χ1) is 9.10. The van der Waals surface area contributed by atoms with Gasteiger partial charge in [0.25, 0.3) is 0 Å². The van der Waals surface area contributed by atoms with Gasteiger partial charge in [-0.25, -0.2) is 0 Å². The molecule has 0 aliphatic rings. The summed E-state index contributed by atoms with van der Waals surface area (Å²) in [6, 6.07) is 0. The van der Waals surface area contributed by atoms with Crippen molar-refractivity contribution in [1.29, 1.82) is 0 Å². The van der Waals surface area contributed by atoms with Crippen molar-refractivity contribution in [2.24, 2.45) is 5.92 Å². The van der Waals surface area contributed by atoms with Crippen LogP contribution >= 0.6 is 0 Å². The third-order valence-corrected chi connectivity index (χ3v) is 3.01. The molecule has 2 amide bonds. The highest BCUT2D eigenvalue weighted by atomic mass is 16.2. The Morgan fingerprint density at radius 2 is 1.58 bits per heavy atom. The predicted molar refractivity (Wildman–Crippen MR) is 77.9 cm³/mol. The van der Waals surface area contributed by atoms with Gasteiger partial charge in [-0.1, -0.05) is 27.2 Å². The van der Waals surface area contributed by atoms with Gasteiger partial charge in [-0.15, -0.1) is 0 Å². The molecular weight excluding hydrogens is 242 g/mol. The molecule has 5 heteroatoms. The molecule has 1 atom stereocenters. The molecule has 5 nitrogen and oxygen atoms in total. The van der Waals surface area contributed by atoms with E-state index in [2.05, 4.69) is 29.8 Å². The number of unbranched alkanes of at least 4 members (excludes halogenated alkanes) is 1. The smallest absolute Gasteiger partial charge is 0.233 e. The molecule has 0 spiro atoms. The van der Waals surface area contributed by atoms with E-state index >= 15 is 0 Å². The van der Waals surface area contributed by atoms with Crippen LogP contribution in [0.15, 0.2) is 0 Å². The van der Waals surface area contributed by atoms with Gasteiger partial charge in [0.2, 0.25) is 11.8 Å². The molecule has 19 heavy (non-hydrogen) atoms. The Kier molecular flexibility index (Phi) is 11.3. The van der Waals surface area contributed by atoms with Crippen LogP contribution in [0.5, 0.6) is 0 Å². The van der Waals surface area contributed by atoms with E-state index in [4.69, 9.17) is 0 Å². The van der Waals surface area contributed by atoms with Crippen molar-refractivity contribution in [2.45, 2.75) is 46.5 Å². The molecule has 1 unspecified atom stereocenters. The first kappa shape index (κ1) is 17.9. The van der Waals surface area contributed by atoms with Crippen LogP contribution in [-0.4, -0.2) is 38.0 Å². The Labute approximate surface area is 116 Å². The fraction of sp³-hybridized carbons (Fsp3) is 0.857. The monoisotopic (exact) mass is 271 g/mol. The number of likely N-dealkylation sites (N-methyl/N-ethyl adjacent to an activating group) is 1. The zero-order valence-corrected chi connectivity index (χ0v) is 12.6. The number of rotatable bonds is 11. The third kappa shape index (κ3) is 11.7. The van der Waals surface area contributed by atoms with Gasteiger partial charge in [0, 0.05) is 19.5 Å². The second-order valence-electron chi connectivity index (χ2n) is 4.90. The third-order valence-electron chi connectivity index (χ3n) is 3.01. The van der Waals surface area contributed by atoms with Crippen molar-refractivity contribution >= 4 is 11.8 Å². The molecule has 0 aliphatic carbocycles. The SMILES string of the molecule is CCNCC(=O)NCCCCNC(=O)CC(C)CC. The summed E-state index contributed by atoms with van der Waals surface area (Å²) in [7, 11) is 0. The first-order valence-corrected chi connectivity index (χ1v) is 7.34. The summed E-state index contributed by atoms with van der Waals surface area (Å²) in [5.41, 5.74) is 0. The van der Waals surface area contributed by atoms with Crippen LogP contribution in [0.2, 0.25) is 0 Å². The minimum atomic E-state index is 0.0302. The molecule has 0 aromatic rings. The highest BCUT2D eigenvalue weighted by Gasteiger charge is 2.06. The Balaban J connectivity index is 3.35. The van der Waals surface area contributed by atoms with Crippen LogP contribution in [0.25, 0.3) is 0 Å². The average Bonchev–Trinajstić information content (AvgIpc) is 2.40. The Hall–Kier alpha value is -1.10. The Morgan fingerprint density at radius 3 is 2.11 bits per heavy atom. The zero-order chi connectivity index (χ0) is 14.5. The van der Waals surface area contributed by atoms with E-state index < -0.39 is 0 Å². The van der Waals surface area contributed by atoms with E-state index in [0.29, 0.717) is 32.0 Å². The summed E-state index contributed by atoms with van der Waals surface area (Å²) in [5, 5.41) is 8.71. The molecule has 0 aromatic carbocycles. The maximum atomic E-state index is 11.5. The van der Waals surface area contributed by atoms with E-state index in [1.54, 1.807) is 0 Å². The van der Waals surface area contributed by atoms with E-state index in [9.17, 15) is 9.59 Å². The van der Waals surface area contributed by atoms with Crippen LogP contribution in [-0.2, 0) is 9.59 Å². The summed E-state index contributed by atoms with van der Waals surface area (Å²) >= 11 is 0. The summed E-state index contributed by atoms with van der Waals surface area (Å²) < 4.78 is 0. The summed E-state index contributed by atoms with van der Waals surface area (Å²) in [4.78, 5) is 22.7. The van der Waals surface area contributed by atoms with Gasteiger partial charge in [-0.3, -0.25) is 9.59 Å². The van der Waals surface area contributed by atoms with Gasteiger partial charge in [-0.2, -0.15) is 0 Å². The van der Waals surface area contributed by atoms with Gasteiger partial charge < -0.3 is 16.0 Å². The number of nitrogens with one attached hydrogen (secondary N) is 3. The lowest BCUT2D eigenvalue weighted by Gasteiger charge is -2.09. The van der Waals surface area contributed by atoms with Gasteiger partial charge in [0.1, 0.15) is 0 Å². The van der Waals surface area contributed by atoms with Crippen LogP contribution < -0.4 is 16.0 Å². The first-order valence-electron chi connectivity index (χ1n) is 7.34. The van der Waals surface area contributed by atoms with E-state index in [-0.39, 0.29) is 11.8 Å². The van der Waals surface area contributed by atoms with Gasteiger partial charge >= 0.3 is 0 Å². The molecular formula is C14H29N3O2. The van der Waals surface area contributed by atoms with E-state index in [1.807, 2.05) is 6.92 Å². The molecule has 0 bridgehead atoms. The highest BCUT2D eigenvalue weighted by molar-refractivity contribution is 5.77. The lowest BCUT2D eigenvalue weighted by molar-refractivity contribution is -0.122. The van der Waals surface area contributed by atoms with Crippen molar-refractivity contribution in [3.05, 3.63) is 0 Å². The fourth-order valence-corrected chi connectivity index (χ4v) is 1.54. The van der Waals surface area contributed by atoms with E-state index in [0.717, 1.165) is 25.8 Å². The minimum Gasteiger partial charge on any atom is -0.356 e. The van der Waals surface area contributed by atoms with Crippen LogP contribution in [0.1, 0.15) is 46.5 Å². The predicted octanol–water partition coefficient (Wildman–Crippen LogP) is 1.04. The normalized spacial score (nSPS) is 11.9. The molecule has 0 saturated heterocycles. The van der Waals surface area contributed by atoms with Crippen LogP contribution in [0.4, 0.5) is 0 Å². The largest absolute Gasteiger partial charge is 0.356 e. The van der Waals surface area contributed by atoms with Crippen molar-refractivity contribution in [3.8, 4) is 0 Å². The van der Waals surface area contributed by atoms with Crippen molar-refractivity contribution in [3.63, 3.8) is 0 Å². The standard InChI is InChI=1S/C14H29N3O2/c1-4-12(3)10-13(18)16-8-6-7-9-17-14(19)11-15-5-2/h12,15H,4-11H2,1-3H3,(H,16,18)(H,17,19). The zero-order valence-electron chi connectivity index (χ0n) is 12.6. The number of hydrogen-bond acceptors (Lipinski definition) is 3. The van der Waals surface area contributed by atoms with Crippen molar-refractivity contribution in [2.75, 3.05) is 26.2 Å². The lowest BCUT2D eigenvalue weighted by atomic mass is 10.1. The average molecular weight is 271 g/mol. The van der Waals surface area contributed by atoms with Gasteiger partial charge in [0.15, 0.2) is 0 Å². The fourth-order valence-electron chi connectivity index (χ4n) is 1.54. The molecule has 0 rings (SSSR count). The van der Waals surface area contributed by atoms with E-state index in [1.165, 1.54) is 0 Å². The molecule has 3 N–H and O–H groups in total. The topological polar surface area (TPSA) is 70.2 Å². The maximum Gasteiger partial charge on any atom is 0.233 e. The molecule has 0 saturated carbocycles. The number of carbonyl (C=O) groups is 2. The number of amides is 2. The molecule has 0 heterocycles. The summed E-state index contributed by atoms with van der Waals surface area (Å²) in [6.07, 6.45) is 3.43. The molecule has 0 aliphatic heterocycles. The number of hydrogen-bond donors (Lipinski definition) is 3. The minimum absolute atomic E-state index is 0.0302. The Morgan fingerprint density at radius 1 is 1.00 bits per heavy atom. The summed E-state index contributed by atoms with van der Waals surface area (Å²) in [6.45, 7) is 8.68. The lowest BCUT2D eigenvalue weighted by Crippen LogP contribution is -2.34. The Bertz CT molecular complexity index is 257.